The highest BCUT2D eigenvalue weighted by atomic mass is 14.9. The molecule has 1 rings (SSSR count). The number of aryl methyl sites for hydroxylation is 3. The predicted octanol–water partition coefficient (Wildman–Crippen LogP) is 4.60. The Morgan fingerprint density at radius 1 is 1.12 bits per heavy atom. The van der Waals surface area contributed by atoms with Gasteiger partial charge in [-0.15, -0.1) is 0 Å². The van der Waals surface area contributed by atoms with E-state index in [1.165, 1.54) is 41.6 Å². The molecule has 1 atom stereocenters. The van der Waals surface area contributed by atoms with Crippen LogP contribution in [-0.2, 0) is 0 Å². The van der Waals surface area contributed by atoms with Crippen molar-refractivity contribution in [2.24, 2.45) is 0 Å². The zero-order valence-corrected chi connectivity index (χ0v) is 11.4. The van der Waals surface area contributed by atoms with Crippen LogP contribution in [-0.4, -0.2) is 6.04 Å². The lowest BCUT2D eigenvalue weighted by molar-refractivity contribution is 0.644. The second-order valence-electron chi connectivity index (χ2n) is 4.96. The molecule has 1 aromatic rings. The second kappa shape index (κ2) is 5.93. The predicted molar refractivity (Wildman–Crippen MR) is 73.3 cm³/mol. The fourth-order valence-corrected chi connectivity index (χ4v) is 2.24. The molecule has 0 amide bonds. The van der Waals surface area contributed by atoms with Gasteiger partial charge in [-0.25, -0.2) is 0 Å². The Kier molecular flexibility index (Phi) is 4.85. The average molecular weight is 219 g/mol. The molecule has 16 heavy (non-hydrogen) atoms. The van der Waals surface area contributed by atoms with Crippen LogP contribution in [0.4, 0.5) is 5.69 Å². The van der Waals surface area contributed by atoms with Crippen molar-refractivity contribution in [3.63, 3.8) is 0 Å². The van der Waals surface area contributed by atoms with Gasteiger partial charge < -0.3 is 5.32 Å². The lowest BCUT2D eigenvalue weighted by atomic mass is 10.0. The highest BCUT2D eigenvalue weighted by Gasteiger charge is 2.07. The number of nitrogens with one attached hydrogen (secondary N) is 1. The summed E-state index contributed by atoms with van der Waals surface area (Å²) >= 11 is 0. The van der Waals surface area contributed by atoms with Gasteiger partial charge in [0.05, 0.1) is 0 Å². The van der Waals surface area contributed by atoms with E-state index in [1.54, 1.807) is 0 Å². The molecule has 90 valence electrons. The van der Waals surface area contributed by atoms with Crippen molar-refractivity contribution >= 4 is 5.69 Å². The summed E-state index contributed by atoms with van der Waals surface area (Å²) in [6, 6.07) is 5.07. The maximum absolute atomic E-state index is 3.64. The molecule has 0 heterocycles. The normalized spacial score (nSPS) is 12.6. The van der Waals surface area contributed by atoms with Crippen molar-refractivity contribution in [3.8, 4) is 0 Å². The zero-order chi connectivity index (χ0) is 12.1. The first-order valence-corrected chi connectivity index (χ1v) is 6.39. The van der Waals surface area contributed by atoms with Gasteiger partial charge in [0.1, 0.15) is 0 Å². The molecule has 0 aliphatic rings. The van der Waals surface area contributed by atoms with E-state index in [-0.39, 0.29) is 0 Å². The van der Waals surface area contributed by atoms with E-state index in [2.05, 4.69) is 52.1 Å². The summed E-state index contributed by atoms with van der Waals surface area (Å²) in [6.45, 7) is 11.1. The molecular formula is C15H25N. The smallest absolute Gasteiger partial charge is 0.0401 e. The minimum Gasteiger partial charge on any atom is -0.382 e. The molecule has 1 nitrogen and oxygen atoms in total. The van der Waals surface area contributed by atoms with E-state index in [1.807, 2.05) is 0 Å². The van der Waals surface area contributed by atoms with Crippen LogP contribution in [0.15, 0.2) is 12.1 Å². The fraction of sp³-hybridized carbons (Fsp3) is 0.600. The molecule has 1 N–H and O–H groups in total. The Balaban J connectivity index is 2.73. The Morgan fingerprint density at radius 2 is 1.69 bits per heavy atom. The molecule has 0 spiro atoms. The van der Waals surface area contributed by atoms with Crippen molar-refractivity contribution in [2.45, 2.75) is 59.9 Å². The molecule has 0 aliphatic heterocycles. The summed E-state index contributed by atoms with van der Waals surface area (Å²) in [5.41, 5.74) is 5.40. The third kappa shape index (κ3) is 3.55. The van der Waals surface area contributed by atoms with Crippen molar-refractivity contribution in [2.75, 3.05) is 5.32 Å². The minimum atomic E-state index is 0.569. The van der Waals surface area contributed by atoms with Crippen molar-refractivity contribution in [3.05, 3.63) is 28.8 Å². The van der Waals surface area contributed by atoms with Gasteiger partial charge in [0.15, 0.2) is 0 Å². The molecule has 0 saturated carbocycles. The number of benzene rings is 1. The van der Waals surface area contributed by atoms with Crippen LogP contribution in [0.1, 0.15) is 49.8 Å². The Morgan fingerprint density at radius 3 is 2.19 bits per heavy atom. The van der Waals surface area contributed by atoms with E-state index in [0.717, 1.165) is 0 Å². The monoisotopic (exact) mass is 219 g/mol. The van der Waals surface area contributed by atoms with Crippen molar-refractivity contribution in [1.29, 1.82) is 0 Å². The third-order valence-corrected chi connectivity index (χ3v) is 3.06. The summed E-state index contributed by atoms with van der Waals surface area (Å²) < 4.78 is 0. The van der Waals surface area contributed by atoms with Crippen LogP contribution in [0.5, 0.6) is 0 Å². The number of unbranched alkanes of at least 4 members (excludes halogenated alkanes) is 1. The summed E-state index contributed by atoms with van der Waals surface area (Å²) in [4.78, 5) is 0. The van der Waals surface area contributed by atoms with E-state index in [4.69, 9.17) is 0 Å². The van der Waals surface area contributed by atoms with Gasteiger partial charge in [-0.3, -0.25) is 0 Å². The molecule has 1 heteroatoms. The van der Waals surface area contributed by atoms with E-state index in [9.17, 15) is 0 Å². The molecule has 1 unspecified atom stereocenters. The van der Waals surface area contributed by atoms with Crippen LogP contribution in [0.2, 0.25) is 0 Å². The lowest BCUT2D eigenvalue weighted by Crippen LogP contribution is -2.16. The zero-order valence-electron chi connectivity index (χ0n) is 11.4. The molecule has 0 aromatic heterocycles. The lowest BCUT2D eigenvalue weighted by Gasteiger charge is -2.19. The molecular weight excluding hydrogens is 194 g/mol. The van der Waals surface area contributed by atoms with Crippen LogP contribution in [0, 0.1) is 20.8 Å². The standard InChI is InChI=1S/C15H25N/c1-6-7-8-14(5)16-15-12(3)9-11(2)10-13(15)4/h9-10,14,16H,6-8H2,1-5H3. The maximum atomic E-state index is 3.64. The molecule has 0 bridgehead atoms. The van der Waals surface area contributed by atoms with Crippen molar-refractivity contribution in [1.82, 2.24) is 0 Å². The minimum absolute atomic E-state index is 0.569. The van der Waals surface area contributed by atoms with Gasteiger partial charge in [0, 0.05) is 11.7 Å². The molecule has 1 aromatic carbocycles. The summed E-state index contributed by atoms with van der Waals surface area (Å²) in [6.07, 6.45) is 3.83. The van der Waals surface area contributed by atoms with Gasteiger partial charge in [-0.05, 0) is 45.2 Å². The topological polar surface area (TPSA) is 12.0 Å². The molecule has 0 fully saturated rings. The summed E-state index contributed by atoms with van der Waals surface area (Å²) in [5, 5.41) is 3.64. The highest BCUT2D eigenvalue weighted by Crippen LogP contribution is 2.23. The fourth-order valence-electron chi connectivity index (χ4n) is 2.24. The quantitative estimate of drug-likeness (QED) is 0.763. The SMILES string of the molecule is CCCCC(C)Nc1c(C)cc(C)cc1C. The first-order valence-electron chi connectivity index (χ1n) is 6.39. The van der Waals surface area contributed by atoms with Gasteiger partial charge >= 0.3 is 0 Å². The average Bonchev–Trinajstić information content (AvgIpc) is 2.20. The van der Waals surface area contributed by atoms with Crippen molar-refractivity contribution < 1.29 is 0 Å². The van der Waals surface area contributed by atoms with E-state index >= 15 is 0 Å². The molecule has 0 radical (unpaired) electrons. The Labute approximate surface area is 100 Å². The highest BCUT2D eigenvalue weighted by molar-refractivity contribution is 5.58. The second-order valence-corrected chi connectivity index (χ2v) is 4.96. The first kappa shape index (κ1) is 13.1. The number of hydrogen-bond donors (Lipinski definition) is 1. The van der Waals surface area contributed by atoms with Crippen LogP contribution in [0.25, 0.3) is 0 Å². The molecule has 0 aliphatic carbocycles. The van der Waals surface area contributed by atoms with Crippen LogP contribution in [0.3, 0.4) is 0 Å². The van der Waals surface area contributed by atoms with Gasteiger partial charge in [-0.2, -0.15) is 0 Å². The summed E-state index contributed by atoms with van der Waals surface area (Å²) in [5.74, 6) is 0. The van der Waals surface area contributed by atoms with Crippen LogP contribution < -0.4 is 5.32 Å². The Bertz CT molecular complexity index is 318. The van der Waals surface area contributed by atoms with Crippen LogP contribution >= 0.6 is 0 Å². The van der Waals surface area contributed by atoms with Gasteiger partial charge in [0.2, 0.25) is 0 Å². The van der Waals surface area contributed by atoms with E-state index < -0.39 is 0 Å². The summed E-state index contributed by atoms with van der Waals surface area (Å²) in [7, 11) is 0. The number of hydrogen-bond acceptors (Lipinski definition) is 1. The first-order chi connectivity index (χ1) is 7.54. The number of rotatable bonds is 5. The largest absolute Gasteiger partial charge is 0.382 e. The van der Waals surface area contributed by atoms with E-state index in [0.29, 0.717) is 6.04 Å². The van der Waals surface area contributed by atoms with Gasteiger partial charge in [-0.1, -0.05) is 37.5 Å². The van der Waals surface area contributed by atoms with Gasteiger partial charge in [0.25, 0.3) is 0 Å². The maximum Gasteiger partial charge on any atom is 0.0401 e. The number of anilines is 1. The molecule has 0 saturated heterocycles. The third-order valence-electron chi connectivity index (χ3n) is 3.06. The Hall–Kier alpha value is -0.980.